The number of ether oxygens (including phenoxy) is 3. The number of nitrogens with zero attached hydrogens (tertiary/aromatic N) is 4. The van der Waals surface area contributed by atoms with Gasteiger partial charge in [0.1, 0.15) is 17.9 Å². The van der Waals surface area contributed by atoms with Gasteiger partial charge in [-0.05, 0) is 100 Å². The fourth-order valence-electron chi connectivity index (χ4n) is 6.15. The van der Waals surface area contributed by atoms with E-state index in [0.29, 0.717) is 30.8 Å². The van der Waals surface area contributed by atoms with E-state index in [2.05, 4.69) is 29.1 Å². The van der Waals surface area contributed by atoms with Crippen molar-refractivity contribution in [2.45, 2.75) is 79.6 Å². The lowest BCUT2D eigenvalue weighted by Gasteiger charge is -2.34. The number of hydrogen-bond donors (Lipinski definition) is 1. The van der Waals surface area contributed by atoms with Crippen LogP contribution in [0.15, 0.2) is 53.9 Å². The second-order valence-corrected chi connectivity index (χ2v) is 11.7. The van der Waals surface area contributed by atoms with Crippen LogP contribution in [0.5, 0.6) is 5.88 Å². The molecule has 0 amide bonds. The molecule has 4 heterocycles. The number of pyridine rings is 1. The van der Waals surface area contributed by atoms with Crippen LogP contribution in [0.25, 0.3) is 11.4 Å². The van der Waals surface area contributed by atoms with E-state index in [1.54, 1.807) is 13.0 Å². The van der Waals surface area contributed by atoms with Gasteiger partial charge in [-0.15, -0.1) is 0 Å². The quantitative estimate of drug-likeness (QED) is 0.196. The predicted molar refractivity (Wildman–Crippen MR) is 170 cm³/mol. The number of benzene rings is 1. The van der Waals surface area contributed by atoms with Gasteiger partial charge in [-0.2, -0.15) is 9.78 Å². The molecule has 0 spiro atoms. The third kappa shape index (κ3) is 6.89. The SMILES string of the molecule is C/C=C(\C(OCc1ccc2c(c1C)CCN(C[C@@H]1CCCCO1)C2)=C(C)C)c1cccc(-n2ncc(C(=O)O)c2OCC)n1. The summed E-state index contributed by atoms with van der Waals surface area (Å²) < 4.78 is 19.6. The lowest BCUT2D eigenvalue weighted by atomic mass is 9.91. The summed E-state index contributed by atoms with van der Waals surface area (Å²) in [5, 5.41) is 13.8. The Balaban J connectivity index is 1.32. The Hall–Kier alpha value is -3.95. The van der Waals surface area contributed by atoms with Crippen LogP contribution >= 0.6 is 0 Å². The van der Waals surface area contributed by atoms with Gasteiger partial charge >= 0.3 is 5.97 Å². The van der Waals surface area contributed by atoms with E-state index < -0.39 is 5.97 Å². The molecule has 1 atom stereocenters. The zero-order valence-electron chi connectivity index (χ0n) is 26.6. The van der Waals surface area contributed by atoms with Gasteiger partial charge in [0, 0.05) is 31.8 Å². The summed E-state index contributed by atoms with van der Waals surface area (Å²) in [6.45, 7) is 14.7. The Kier molecular flexibility index (Phi) is 10.2. The van der Waals surface area contributed by atoms with Crippen LogP contribution in [0.4, 0.5) is 0 Å². The maximum Gasteiger partial charge on any atom is 0.342 e. The van der Waals surface area contributed by atoms with E-state index in [4.69, 9.17) is 19.2 Å². The minimum atomic E-state index is -1.10. The normalized spacial score (nSPS) is 17.2. The van der Waals surface area contributed by atoms with Crippen molar-refractivity contribution in [1.29, 1.82) is 0 Å². The fourth-order valence-corrected chi connectivity index (χ4v) is 6.15. The molecule has 2 aliphatic heterocycles. The highest BCUT2D eigenvalue weighted by atomic mass is 16.5. The molecular formula is C35H44N4O5. The van der Waals surface area contributed by atoms with Crippen molar-refractivity contribution in [3.05, 3.63) is 87.4 Å². The molecule has 3 aromatic rings. The fraction of sp³-hybridized carbons (Fsp3) is 0.457. The smallest absolute Gasteiger partial charge is 0.342 e. The molecule has 5 rings (SSSR count). The number of carboxylic acid groups (broad SMARTS) is 1. The van der Waals surface area contributed by atoms with Crippen LogP contribution < -0.4 is 4.74 Å². The molecule has 2 aliphatic rings. The van der Waals surface area contributed by atoms with E-state index in [-0.39, 0.29) is 11.4 Å². The van der Waals surface area contributed by atoms with Gasteiger partial charge in [0.05, 0.1) is 24.6 Å². The molecule has 1 saturated heterocycles. The topological polar surface area (TPSA) is 98.9 Å². The third-order valence-electron chi connectivity index (χ3n) is 8.44. The largest absolute Gasteiger partial charge is 0.488 e. The summed E-state index contributed by atoms with van der Waals surface area (Å²) in [6, 6.07) is 10.0. The van der Waals surface area contributed by atoms with E-state index >= 15 is 0 Å². The van der Waals surface area contributed by atoms with Crippen molar-refractivity contribution in [3.8, 4) is 11.7 Å². The first-order valence-corrected chi connectivity index (χ1v) is 15.6. The monoisotopic (exact) mass is 600 g/mol. The van der Waals surface area contributed by atoms with Crippen LogP contribution in [0.3, 0.4) is 0 Å². The Morgan fingerprint density at radius 1 is 1.20 bits per heavy atom. The van der Waals surface area contributed by atoms with Gasteiger partial charge in [-0.25, -0.2) is 9.78 Å². The highest BCUT2D eigenvalue weighted by Gasteiger charge is 2.24. The third-order valence-corrected chi connectivity index (χ3v) is 8.44. The Morgan fingerprint density at radius 3 is 2.75 bits per heavy atom. The zero-order chi connectivity index (χ0) is 31.2. The second-order valence-electron chi connectivity index (χ2n) is 11.7. The molecule has 0 saturated carbocycles. The van der Waals surface area contributed by atoms with Crippen molar-refractivity contribution in [3.63, 3.8) is 0 Å². The van der Waals surface area contributed by atoms with Crippen LogP contribution in [0.1, 0.15) is 85.3 Å². The molecule has 44 heavy (non-hydrogen) atoms. The van der Waals surface area contributed by atoms with Crippen LogP contribution in [0, 0.1) is 6.92 Å². The Labute approximate surface area is 260 Å². The summed E-state index contributed by atoms with van der Waals surface area (Å²) in [6.07, 6.45) is 8.31. The molecule has 0 aliphatic carbocycles. The molecule has 2 aromatic heterocycles. The van der Waals surface area contributed by atoms with E-state index in [0.717, 1.165) is 49.6 Å². The minimum absolute atomic E-state index is 0.00926. The zero-order valence-corrected chi connectivity index (χ0v) is 26.6. The van der Waals surface area contributed by atoms with Crippen molar-refractivity contribution in [2.75, 3.05) is 26.3 Å². The average molecular weight is 601 g/mol. The molecule has 9 nitrogen and oxygen atoms in total. The van der Waals surface area contributed by atoms with Crippen LogP contribution in [0.2, 0.25) is 0 Å². The van der Waals surface area contributed by atoms with E-state index in [1.165, 1.54) is 52.4 Å². The number of rotatable bonds is 11. The first kappa shape index (κ1) is 31.5. The van der Waals surface area contributed by atoms with Gasteiger partial charge in [0.25, 0.3) is 0 Å². The molecule has 0 unspecified atom stereocenters. The molecule has 1 N–H and O–H groups in total. The molecular weight excluding hydrogens is 556 g/mol. The van der Waals surface area contributed by atoms with Gasteiger partial charge in [0.15, 0.2) is 5.82 Å². The lowest BCUT2D eigenvalue weighted by molar-refractivity contribution is -0.00803. The molecule has 0 radical (unpaired) electrons. The summed E-state index contributed by atoms with van der Waals surface area (Å²) in [5.74, 6) is 0.276. The van der Waals surface area contributed by atoms with Gasteiger partial charge in [0.2, 0.25) is 5.88 Å². The maximum atomic E-state index is 11.7. The Bertz CT molecular complexity index is 1550. The van der Waals surface area contributed by atoms with Crippen molar-refractivity contribution in [1.82, 2.24) is 19.7 Å². The van der Waals surface area contributed by atoms with Crippen molar-refractivity contribution < 1.29 is 24.1 Å². The van der Waals surface area contributed by atoms with Gasteiger partial charge in [-0.3, -0.25) is 4.90 Å². The van der Waals surface area contributed by atoms with Crippen LogP contribution in [-0.4, -0.2) is 63.1 Å². The summed E-state index contributed by atoms with van der Waals surface area (Å²) in [5.41, 5.74) is 7.91. The molecule has 234 valence electrons. The second kappa shape index (κ2) is 14.2. The minimum Gasteiger partial charge on any atom is -0.488 e. The van der Waals surface area contributed by atoms with Crippen molar-refractivity contribution in [2.24, 2.45) is 0 Å². The lowest BCUT2D eigenvalue weighted by Crippen LogP contribution is -2.39. The average Bonchev–Trinajstić information content (AvgIpc) is 3.45. The highest BCUT2D eigenvalue weighted by molar-refractivity contribution is 5.90. The number of allylic oxidation sites excluding steroid dienone is 3. The number of aromatic nitrogens is 3. The standard InChI is InChI=1S/C35H44N4O5/c1-6-28(31-12-10-13-32(37-31)39-34(42-7-2)30(19-36-39)35(40)41)33(23(3)4)44-22-26-15-14-25-20-38(17-16-29(25)24(26)5)21-27-11-8-9-18-43-27/h6,10,12-15,19,27H,7-9,11,16-18,20-22H2,1-5H3,(H,40,41)/b28-6-/t27-/m0/s1. The Morgan fingerprint density at radius 2 is 2.05 bits per heavy atom. The number of carboxylic acids is 1. The summed E-state index contributed by atoms with van der Waals surface area (Å²) in [4.78, 5) is 19.1. The van der Waals surface area contributed by atoms with Gasteiger partial charge < -0.3 is 19.3 Å². The molecule has 1 aromatic carbocycles. The van der Waals surface area contributed by atoms with Crippen molar-refractivity contribution >= 4 is 11.5 Å². The summed E-state index contributed by atoms with van der Waals surface area (Å²) >= 11 is 0. The van der Waals surface area contributed by atoms with E-state index in [9.17, 15) is 9.90 Å². The number of fused-ring (bicyclic) bond motifs is 1. The van der Waals surface area contributed by atoms with Gasteiger partial charge in [-0.1, -0.05) is 24.3 Å². The first-order valence-electron chi connectivity index (χ1n) is 15.6. The maximum absolute atomic E-state index is 11.7. The van der Waals surface area contributed by atoms with Crippen LogP contribution in [-0.2, 0) is 29.0 Å². The van der Waals surface area contributed by atoms with E-state index in [1.807, 2.05) is 39.0 Å². The number of hydrogen-bond acceptors (Lipinski definition) is 7. The highest BCUT2D eigenvalue weighted by Crippen LogP contribution is 2.31. The molecule has 1 fully saturated rings. The first-order chi connectivity index (χ1) is 21.3. The number of carbonyl (C=O) groups is 1. The predicted octanol–water partition coefficient (Wildman–Crippen LogP) is 6.51. The molecule has 9 heteroatoms. The summed E-state index contributed by atoms with van der Waals surface area (Å²) in [7, 11) is 0. The molecule has 0 bridgehead atoms. The number of aromatic carboxylic acids is 1.